The van der Waals surface area contributed by atoms with Gasteiger partial charge in [0.15, 0.2) is 5.82 Å². The Balaban J connectivity index is 1.64. The lowest BCUT2D eigenvalue weighted by Crippen LogP contribution is -2.48. The van der Waals surface area contributed by atoms with E-state index in [1.165, 1.54) is 6.33 Å². The minimum atomic E-state index is 0.00578. The fraction of sp³-hybridized carbons (Fsp3) is 0.385. The molecule has 0 aromatic carbocycles. The van der Waals surface area contributed by atoms with Crippen LogP contribution in [0.5, 0.6) is 0 Å². The normalized spacial score (nSPS) is 16.4. The number of anilines is 1. The molecule has 3 rings (SSSR count). The third-order valence-corrected chi connectivity index (χ3v) is 3.60. The molecule has 0 radical (unpaired) electrons. The topological polar surface area (TPSA) is 84.7 Å². The molecule has 7 heteroatoms. The largest absolute Gasteiger partial charge is 0.324 e. The second-order valence-corrected chi connectivity index (χ2v) is 4.94. The van der Waals surface area contributed by atoms with Gasteiger partial charge in [-0.25, -0.2) is 14.6 Å². The highest BCUT2D eigenvalue weighted by molar-refractivity contribution is 5.92. The van der Waals surface area contributed by atoms with Gasteiger partial charge in [0.2, 0.25) is 5.91 Å². The van der Waals surface area contributed by atoms with E-state index in [0.717, 1.165) is 13.1 Å². The number of nitrogens with one attached hydrogen (secondary N) is 2. The zero-order valence-electron chi connectivity index (χ0n) is 11.2. The van der Waals surface area contributed by atoms with Crippen LogP contribution in [0.4, 0.5) is 5.69 Å². The van der Waals surface area contributed by atoms with Gasteiger partial charge in [0.05, 0.1) is 11.9 Å². The summed E-state index contributed by atoms with van der Waals surface area (Å²) in [5.41, 5.74) is 0.693. The van der Waals surface area contributed by atoms with Crippen molar-refractivity contribution in [3.63, 3.8) is 0 Å². The highest BCUT2D eigenvalue weighted by Gasteiger charge is 2.28. The third kappa shape index (κ3) is 2.53. The molecular formula is C13H16N6O. The Labute approximate surface area is 116 Å². The van der Waals surface area contributed by atoms with Crippen molar-refractivity contribution in [2.45, 2.75) is 6.92 Å². The van der Waals surface area contributed by atoms with Crippen molar-refractivity contribution in [3.8, 4) is 5.82 Å². The number of hydrogen-bond donors (Lipinski definition) is 2. The molecule has 1 saturated heterocycles. The van der Waals surface area contributed by atoms with Crippen LogP contribution >= 0.6 is 0 Å². The van der Waals surface area contributed by atoms with Crippen molar-refractivity contribution < 1.29 is 4.79 Å². The predicted octanol–water partition coefficient (Wildman–Crippen LogP) is 0.456. The third-order valence-electron chi connectivity index (χ3n) is 3.60. The molecule has 1 atom stereocenters. The molecule has 1 aliphatic rings. The van der Waals surface area contributed by atoms with Crippen LogP contribution in [0.15, 0.2) is 31.0 Å². The molecule has 0 saturated carbocycles. The van der Waals surface area contributed by atoms with Gasteiger partial charge in [0, 0.05) is 5.92 Å². The highest BCUT2D eigenvalue weighted by atomic mass is 16.1. The van der Waals surface area contributed by atoms with Gasteiger partial charge in [-0.1, -0.05) is 6.92 Å². The van der Waals surface area contributed by atoms with E-state index in [4.69, 9.17) is 0 Å². The molecule has 0 bridgehead atoms. The molecule has 7 nitrogen and oxygen atoms in total. The Hall–Kier alpha value is -2.28. The fourth-order valence-corrected chi connectivity index (χ4v) is 2.06. The lowest BCUT2D eigenvalue weighted by atomic mass is 9.88. The minimum Gasteiger partial charge on any atom is -0.324 e. The van der Waals surface area contributed by atoms with Gasteiger partial charge in [-0.05, 0) is 31.1 Å². The molecular weight excluding hydrogens is 256 g/mol. The zero-order chi connectivity index (χ0) is 13.9. The van der Waals surface area contributed by atoms with E-state index in [9.17, 15) is 4.79 Å². The molecule has 3 heterocycles. The molecule has 20 heavy (non-hydrogen) atoms. The van der Waals surface area contributed by atoms with Gasteiger partial charge in [0.1, 0.15) is 12.7 Å². The fourth-order valence-electron chi connectivity index (χ4n) is 2.06. The van der Waals surface area contributed by atoms with E-state index >= 15 is 0 Å². The molecule has 0 aliphatic carbocycles. The molecule has 1 amide bonds. The maximum absolute atomic E-state index is 12.1. The number of hydrogen-bond acceptors (Lipinski definition) is 5. The molecule has 1 fully saturated rings. The number of aromatic nitrogens is 4. The summed E-state index contributed by atoms with van der Waals surface area (Å²) in [5.74, 6) is 1.13. The molecule has 104 valence electrons. The first-order valence-corrected chi connectivity index (χ1v) is 6.56. The molecule has 2 aromatic heterocycles. The van der Waals surface area contributed by atoms with Crippen molar-refractivity contribution in [3.05, 3.63) is 31.0 Å². The molecule has 1 aliphatic heterocycles. The van der Waals surface area contributed by atoms with E-state index in [0.29, 0.717) is 17.4 Å². The van der Waals surface area contributed by atoms with Crippen LogP contribution in [0.2, 0.25) is 0 Å². The van der Waals surface area contributed by atoms with Gasteiger partial charge in [-0.15, -0.1) is 0 Å². The van der Waals surface area contributed by atoms with Crippen molar-refractivity contribution in [1.29, 1.82) is 0 Å². The van der Waals surface area contributed by atoms with Gasteiger partial charge >= 0.3 is 0 Å². The number of nitrogens with zero attached hydrogens (tertiary/aromatic N) is 4. The predicted molar refractivity (Wildman–Crippen MR) is 73.3 cm³/mol. The van der Waals surface area contributed by atoms with E-state index in [1.807, 2.05) is 13.0 Å². The second-order valence-electron chi connectivity index (χ2n) is 4.94. The average molecular weight is 272 g/mol. The van der Waals surface area contributed by atoms with Crippen molar-refractivity contribution in [1.82, 2.24) is 25.1 Å². The maximum atomic E-state index is 12.1. The first kappa shape index (κ1) is 12.7. The number of pyridine rings is 1. The molecule has 0 spiro atoms. The molecule has 2 N–H and O–H groups in total. The van der Waals surface area contributed by atoms with Crippen molar-refractivity contribution in [2.75, 3.05) is 18.4 Å². The Morgan fingerprint density at radius 2 is 2.35 bits per heavy atom. The van der Waals surface area contributed by atoms with E-state index in [1.54, 1.807) is 23.3 Å². The van der Waals surface area contributed by atoms with Crippen LogP contribution in [-0.2, 0) is 4.79 Å². The van der Waals surface area contributed by atoms with Gasteiger partial charge in [-0.2, -0.15) is 5.10 Å². The van der Waals surface area contributed by atoms with E-state index in [2.05, 4.69) is 25.7 Å². The van der Waals surface area contributed by atoms with Crippen LogP contribution in [0.1, 0.15) is 6.92 Å². The summed E-state index contributed by atoms with van der Waals surface area (Å²) in [7, 11) is 0. The standard InChI is InChI=1S/C13H16N6O/c1-9(10-4-14-5-10)13(20)18-11-2-3-12(16-6-11)19-8-15-7-17-19/h2-3,6-10,14H,4-5H2,1H3,(H,18,20). The van der Waals surface area contributed by atoms with Crippen LogP contribution in [0.3, 0.4) is 0 Å². The monoisotopic (exact) mass is 272 g/mol. The summed E-state index contributed by atoms with van der Waals surface area (Å²) in [6.07, 6.45) is 4.65. The van der Waals surface area contributed by atoms with Gasteiger partial charge < -0.3 is 10.6 Å². The van der Waals surface area contributed by atoms with Gasteiger partial charge in [-0.3, -0.25) is 4.79 Å². The Bertz CT molecular complexity index is 575. The number of carbonyl (C=O) groups is 1. The summed E-state index contributed by atoms with van der Waals surface area (Å²) >= 11 is 0. The summed E-state index contributed by atoms with van der Waals surface area (Å²) in [6.45, 7) is 3.79. The Morgan fingerprint density at radius 3 is 2.90 bits per heavy atom. The van der Waals surface area contributed by atoms with Crippen LogP contribution in [-0.4, -0.2) is 38.7 Å². The molecule has 2 aromatic rings. The second kappa shape index (κ2) is 5.38. The summed E-state index contributed by atoms with van der Waals surface area (Å²) < 4.78 is 1.56. The molecule has 1 unspecified atom stereocenters. The summed E-state index contributed by atoms with van der Waals surface area (Å²) in [6, 6.07) is 3.60. The number of carbonyl (C=O) groups excluding carboxylic acids is 1. The number of amides is 1. The number of rotatable bonds is 4. The quantitative estimate of drug-likeness (QED) is 0.844. The van der Waals surface area contributed by atoms with E-state index in [-0.39, 0.29) is 11.8 Å². The SMILES string of the molecule is CC(C(=O)Nc1ccc(-n2cncn2)nc1)C1CNC1. The van der Waals surface area contributed by atoms with Crippen LogP contribution in [0.25, 0.3) is 5.82 Å². The minimum absolute atomic E-state index is 0.00578. The smallest absolute Gasteiger partial charge is 0.227 e. The van der Waals surface area contributed by atoms with Crippen molar-refractivity contribution in [2.24, 2.45) is 11.8 Å². The van der Waals surface area contributed by atoms with Crippen LogP contribution in [0, 0.1) is 11.8 Å². The first-order valence-electron chi connectivity index (χ1n) is 6.56. The average Bonchev–Trinajstić information content (AvgIpc) is 2.91. The Kier molecular flexibility index (Phi) is 3.42. The Morgan fingerprint density at radius 1 is 1.50 bits per heavy atom. The maximum Gasteiger partial charge on any atom is 0.227 e. The van der Waals surface area contributed by atoms with Crippen molar-refractivity contribution >= 4 is 11.6 Å². The van der Waals surface area contributed by atoms with Gasteiger partial charge in [0.25, 0.3) is 0 Å². The zero-order valence-corrected chi connectivity index (χ0v) is 11.2. The van der Waals surface area contributed by atoms with Crippen LogP contribution < -0.4 is 10.6 Å². The summed E-state index contributed by atoms with van der Waals surface area (Å²) in [5, 5.41) is 10.1. The highest BCUT2D eigenvalue weighted by Crippen LogP contribution is 2.18. The first-order chi connectivity index (χ1) is 9.74. The lowest BCUT2D eigenvalue weighted by molar-refractivity contribution is -0.121. The van der Waals surface area contributed by atoms with E-state index < -0.39 is 0 Å². The lowest BCUT2D eigenvalue weighted by Gasteiger charge is -2.31. The summed E-state index contributed by atoms with van der Waals surface area (Å²) in [4.78, 5) is 20.2.